The van der Waals surface area contributed by atoms with Gasteiger partial charge in [0.05, 0.1) is 0 Å². The Balaban J connectivity index is 2.99. The van der Waals surface area contributed by atoms with E-state index in [4.69, 9.17) is 0 Å². The summed E-state index contributed by atoms with van der Waals surface area (Å²) >= 11 is 0. The number of hydrogen-bond donors (Lipinski definition) is 1. The van der Waals surface area contributed by atoms with E-state index in [1.807, 2.05) is 13.1 Å². The van der Waals surface area contributed by atoms with Crippen LogP contribution in [0.15, 0.2) is 18.2 Å². The van der Waals surface area contributed by atoms with E-state index in [9.17, 15) is 0 Å². The molecule has 0 aliphatic rings. The van der Waals surface area contributed by atoms with E-state index in [1.165, 1.54) is 0 Å². The first kappa shape index (κ1) is 14.8. The van der Waals surface area contributed by atoms with E-state index in [0.29, 0.717) is 12.0 Å². The second-order valence-electron chi connectivity index (χ2n) is 5.15. The fraction of sp³-hybridized carbons (Fsp3) is 0.667. The maximum absolute atomic E-state index is 4.68. The molecule has 0 fully saturated rings. The van der Waals surface area contributed by atoms with Crippen LogP contribution in [-0.4, -0.2) is 24.6 Å². The lowest BCUT2D eigenvalue weighted by atomic mass is 10.1. The summed E-state index contributed by atoms with van der Waals surface area (Å²) in [4.78, 5) is 7.13. The van der Waals surface area contributed by atoms with E-state index in [-0.39, 0.29) is 0 Å². The van der Waals surface area contributed by atoms with Gasteiger partial charge in [0, 0.05) is 19.6 Å². The molecule has 3 heteroatoms. The van der Waals surface area contributed by atoms with Crippen molar-refractivity contribution in [2.24, 2.45) is 5.92 Å². The summed E-state index contributed by atoms with van der Waals surface area (Å²) in [5.41, 5.74) is 0. The van der Waals surface area contributed by atoms with E-state index in [0.717, 1.165) is 31.0 Å². The van der Waals surface area contributed by atoms with Gasteiger partial charge >= 0.3 is 0 Å². The molecular formula is C15H27N3. The Bertz CT molecular complexity index is 345. The van der Waals surface area contributed by atoms with Crippen LogP contribution in [0.4, 0.5) is 11.6 Å². The second kappa shape index (κ2) is 7.24. The Labute approximate surface area is 112 Å². The molecule has 1 aromatic heterocycles. The van der Waals surface area contributed by atoms with Crippen molar-refractivity contribution in [3.8, 4) is 0 Å². The lowest BCUT2D eigenvalue weighted by Gasteiger charge is -2.33. The minimum atomic E-state index is 0.576. The van der Waals surface area contributed by atoms with Crippen LogP contribution in [0.2, 0.25) is 0 Å². The van der Waals surface area contributed by atoms with E-state index < -0.39 is 0 Å². The van der Waals surface area contributed by atoms with Crippen LogP contribution in [0.1, 0.15) is 40.5 Å². The smallest absolute Gasteiger partial charge is 0.131 e. The molecule has 0 aliphatic heterocycles. The highest BCUT2D eigenvalue weighted by atomic mass is 15.2. The Morgan fingerprint density at radius 2 is 1.89 bits per heavy atom. The van der Waals surface area contributed by atoms with Crippen molar-refractivity contribution in [3.05, 3.63) is 18.2 Å². The van der Waals surface area contributed by atoms with Gasteiger partial charge in [-0.25, -0.2) is 4.98 Å². The average molecular weight is 249 g/mol. The van der Waals surface area contributed by atoms with Gasteiger partial charge in [0.15, 0.2) is 0 Å². The molecule has 0 aliphatic carbocycles. The first-order valence-electron chi connectivity index (χ1n) is 7.03. The van der Waals surface area contributed by atoms with Crippen molar-refractivity contribution < 1.29 is 0 Å². The van der Waals surface area contributed by atoms with Gasteiger partial charge < -0.3 is 10.2 Å². The molecule has 102 valence electrons. The van der Waals surface area contributed by atoms with Crippen LogP contribution in [0.25, 0.3) is 0 Å². The number of nitrogens with one attached hydrogen (secondary N) is 1. The van der Waals surface area contributed by atoms with Crippen LogP contribution in [0, 0.1) is 5.92 Å². The Morgan fingerprint density at radius 1 is 1.22 bits per heavy atom. The SMILES string of the molecule is CCC(CC)N(CC(C)C)c1cccc(NC)n1. The minimum Gasteiger partial charge on any atom is -0.373 e. The minimum absolute atomic E-state index is 0.576. The topological polar surface area (TPSA) is 28.2 Å². The molecule has 18 heavy (non-hydrogen) atoms. The molecule has 0 atom stereocenters. The normalized spacial score (nSPS) is 11.1. The van der Waals surface area contributed by atoms with Crippen molar-refractivity contribution in [1.82, 2.24) is 4.98 Å². The third-order valence-corrected chi connectivity index (χ3v) is 3.23. The predicted molar refractivity (Wildman–Crippen MR) is 80.3 cm³/mol. The summed E-state index contributed by atoms with van der Waals surface area (Å²) in [6, 6.07) is 6.77. The number of rotatable bonds is 7. The fourth-order valence-electron chi connectivity index (χ4n) is 2.27. The van der Waals surface area contributed by atoms with E-state index >= 15 is 0 Å². The van der Waals surface area contributed by atoms with Gasteiger partial charge in [-0.3, -0.25) is 0 Å². The van der Waals surface area contributed by atoms with Crippen molar-refractivity contribution in [1.29, 1.82) is 0 Å². The number of anilines is 2. The molecule has 0 bridgehead atoms. The highest BCUT2D eigenvalue weighted by molar-refractivity contribution is 5.47. The summed E-state index contributed by atoms with van der Waals surface area (Å²) < 4.78 is 0. The van der Waals surface area contributed by atoms with Gasteiger partial charge in [-0.1, -0.05) is 33.8 Å². The molecule has 1 heterocycles. The predicted octanol–water partition coefficient (Wildman–Crippen LogP) is 3.77. The van der Waals surface area contributed by atoms with Crippen molar-refractivity contribution in [2.45, 2.75) is 46.6 Å². The Hall–Kier alpha value is -1.25. The lowest BCUT2D eigenvalue weighted by molar-refractivity contribution is 0.503. The number of aromatic nitrogens is 1. The standard InChI is InChI=1S/C15H27N3/c1-6-13(7-2)18(11-12(3)4)15-10-8-9-14(16-5)17-15/h8-10,12-13H,6-7,11H2,1-5H3,(H,16,17). The van der Waals surface area contributed by atoms with Gasteiger partial charge in [-0.15, -0.1) is 0 Å². The number of nitrogens with zero attached hydrogens (tertiary/aromatic N) is 2. The van der Waals surface area contributed by atoms with Gasteiger partial charge in [-0.05, 0) is 30.9 Å². The zero-order valence-electron chi connectivity index (χ0n) is 12.4. The van der Waals surface area contributed by atoms with Crippen LogP contribution >= 0.6 is 0 Å². The van der Waals surface area contributed by atoms with Gasteiger partial charge in [0.25, 0.3) is 0 Å². The average Bonchev–Trinajstić information content (AvgIpc) is 2.38. The highest BCUT2D eigenvalue weighted by Crippen LogP contribution is 2.21. The summed E-state index contributed by atoms with van der Waals surface area (Å²) in [5, 5.41) is 3.11. The van der Waals surface area contributed by atoms with Crippen LogP contribution < -0.4 is 10.2 Å². The molecule has 0 saturated heterocycles. The summed E-state index contributed by atoms with van der Waals surface area (Å²) in [5.74, 6) is 2.67. The van der Waals surface area contributed by atoms with Crippen LogP contribution in [0.5, 0.6) is 0 Å². The summed E-state index contributed by atoms with van der Waals surface area (Å²) in [6.07, 6.45) is 2.32. The molecule has 3 nitrogen and oxygen atoms in total. The quantitative estimate of drug-likeness (QED) is 0.797. The molecule has 1 aromatic rings. The van der Waals surface area contributed by atoms with Crippen molar-refractivity contribution in [3.63, 3.8) is 0 Å². The van der Waals surface area contributed by atoms with Crippen LogP contribution in [0.3, 0.4) is 0 Å². The molecule has 1 rings (SSSR count). The van der Waals surface area contributed by atoms with Gasteiger partial charge in [-0.2, -0.15) is 0 Å². The highest BCUT2D eigenvalue weighted by Gasteiger charge is 2.18. The maximum atomic E-state index is 4.68. The Morgan fingerprint density at radius 3 is 2.39 bits per heavy atom. The van der Waals surface area contributed by atoms with E-state index in [2.05, 4.69) is 55.0 Å². The Kier molecular flexibility index (Phi) is 5.96. The number of hydrogen-bond acceptors (Lipinski definition) is 3. The summed E-state index contributed by atoms with van der Waals surface area (Å²) in [7, 11) is 1.91. The number of pyridine rings is 1. The zero-order valence-corrected chi connectivity index (χ0v) is 12.4. The molecule has 0 aromatic carbocycles. The van der Waals surface area contributed by atoms with Crippen molar-refractivity contribution in [2.75, 3.05) is 23.8 Å². The molecule has 0 radical (unpaired) electrons. The lowest BCUT2D eigenvalue weighted by Crippen LogP contribution is -2.38. The maximum Gasteiger partial charge on any atom is 0.131 e. The molecule has 0 saturated carbocycles. The van der Waals surface area contributed by atoms with Gasteiger partial charge in [0.2, 0.25) is 0 Å². The second-order valence-corrected chi connectivity index (χ2v) is 5.15. The first-order chi connectivity index (χ1) is 8.62. The fourth-order valence-corrected chi connectivity index (χ4v) is 2.27. The summed E-state index contributed by atoms with van der Waals surface area (Å²) in [6.45, 7) is 10.1. The third-order valence-electron chi connectivity index (χ3n) is 3.23. The van der Waals surface area contributed by atoms with E-state index in [1.54, 1.807) is 0 Å². The monoisotopic (exact) mass is 249 g/mol. The molecule has 0 unspecified atom stereocenters. The van der Waals surface area contributed by atoms with Gasteiger partial charge in [0.1, 0.15) is 11.6 Å². The van der Waals surface area contributed by atoms with Crippen LogP contribution in [-0.2, 0) is 0 Å². The molecule has 0 spiro atoms. The molecular weight excluding hydrogens is 222 g/mol. The molecule has 1 N–H and O–H groups in total. The largest absolute Gasteiger partial charge is 0.373 e. The zero-order chi connectivity index (χ0) is 13.5. The van der Waals surface area contributed by atoms with Crippen molar-refractivity contribution >= 4 is 11.6 Å². The first-order valence-corrected chi connectivity index (χ1v) is 7.03. The third kappa shape index (κ3) is 3.90. The molecule has 0 amide bonds.